The van der Waals surface area contributed by atoms with Crippen molar-refractivity contribution >= 4 is 16.8 Å². The first-order valence-electron chi connectivity index (χ1n) is 4.33. The van der Waals surface area contributed by atoms with Crippen LogP contribution < -0.4 is 5.73 Å². The standard InChI is InChI=1S/C11H10N2O.H2/c1-7-5-8-3-2-4-13-10(8)6-9(7)11(12)14;/h2-6H,1H3,(H2,12,14);1H. The minimum atomic E-state index is -0.407. The van der Waals surface area contributed by atoms with Crippen LogP contribution in [0.25, 0.3) is 10.9 Å². The fraction of sp³-hybridized carbons (Fsp3) is 0.0909. The number of primary amides is 1. The van der Waals surface area contributed by atoms with Gasteiger partial charge in [-0.25, -0.2) is 0 Å². The van der Waals surface area contributed by atoms with E-state index in [0.717, 1.165) is 16.5 Å². The summed E-state index contributed by atoms with van der Waals surface area (Å²) < 4.78 is 0. The first-order valence-corrected chi connectivity index (χ1v) is 4.33. The average molecular weight is 188 g/mol. The van der Waals surface area contributed by atoms with Gasteiger partial charge in [-0.05, 0) is 30.7 Å². The van der Waals surface area contributed by atoms with E-state index in [-0.39, 0.29) is 1.43 Å². The van der Waals surface area contributed by atoms with Crippen molar-refractivity contribution in [3.05, 3.63) is 41.6 Å². The second-order valence-corrected chi connectivity index (χ2v) is 3.23. The highest BCUT2D eigenvalue weighted by molar-refractivity contribution is 5.98. The molecule has 0 radical (unpaired) electrons. The molecule has 0 aliphatic heterocycles. The van der Waals surface area contributed by atoms with Crippen LogP contribution in [0.2, 0.25) is 0 Å². The number of aryl methyl sites for hydroxylation is 1. The van der Waals surface area contributed by atoms with Crippen molar-refractivity contribution in [2.24, 2.45) is 5.73 Å². The van der Waals surface area contributed by atoms with E-state index in [4.69, 9.17) is 5.73 Å². The zero-order chi connectivity index (χ0) is 10.1. The lowest BCUT2D eigenvalue weighted by Crippen LogP contribution is -2.12. The number of nitrogens with two attached hydrogens (primary N) is 1. The lowest BCUT2D eigenvalue weighted by molar-refractivity contribution is 0.1000. The van der Waals surface area contributed by atoms with Crippen LogP contribution in [-0.4, -0.2) is 10.9 Å². The number of hydrogen-bond acceptors (Lipinski definition) is 2. The SMILES string of the molecule is Cc1cc2cccnc2cc1C(N)=O.[HH]. The molecule has 1 aromatic heterocycles. The Balaban J connectivity index is 0.00000112. The molecule has 0 aliphatic carbocycles. The first-order chi connectivity index (χ1) is 6.68. The molecule has 2 rings (SSSR count). The number of benzene rings is 1. The van der Waals surface area contributed by atoms with Gasteiger partial charge in [0.05, 0.1) is 5.52 Å². The van der Waals surface area contributed by atoms with E-state index < -0.39 is 5.91 Å². The highest BCUT2D eigenvalue weighted by Crippen LogP contribution is 2.17. The Morgan fingerprint density at radius 3 is 3.00 bits per heavy atom. The fourth-order valence-corrected chi connectivity index (χ4v) is 1.50. The van der Waals surface area contributed by atoms with Crippen LogP contribution in [0.15, 0.2) is 30.5 Å². The number of nitrogens with zero attached hydrogens (tertiary/aromatic N) is 1. The number of carbonyl (C=O) groups excluding carboxylic acids is 1. The second kappa shape index (κ2) is 3.10. The molecule has 0 fully saturated rings. The van der Waals surface area contributed by atoms with Crippen LogP contribution in [0.1, 0.15) is 17.3 Å². The lowest BCUT2D eigenvalue weighted by Gasteiger charge is -2.03. The van der Waals surface area contributed by atoms with E-state index in [1.165, 1.54) is 0 Å². The number of carbonyl (C=O) groups is 1. The number of hydrogen-bond donors (Lipinski definition) is 1. The summed E-state index contributed by atoms with van der Waals surface area (Å²) in [6.45, 7) is 1.87. The van der Waals surface area contributed by atoms with Crippen molar-refractivity contribution in [2.45, 2.75) is 6.92 Å². The number of rotatable bonds is 1. The Kier molecular flexibility index (Phi) is 1.93. The van der Waals surface area contributed by atoms with Crippen molar-refractivity contribution in [3.8, 4) is 0 Å². The van der Waals surface area contributed by atoms with E-state index in [1.54, 1.807) is 12.3 Å². The summed E-state index contributed by atoms with van der Waals surface area (Å²) in [5, 5.41) is 1.02. The molecule has 72 valence electrons. The van der Waals surface area contributed by atoms with E-state index in [2.05, 4.69) is 4.98 Å². The Hall–Kier alpha value is -1.90. The number of pyridine rings is 1. The zero-order valence-electron chi connectivity index (χ0n) is 7.82. The van der Waals surface area contributed by atoms with Crippen molar-refractivity contribution in [1.82, 2.24) is 4.98 Å². The molecule has 2 N–H and O–H groups in total. The molecule has 1 heterocycles. The van der Waals surface area contributed by atoms with E-state index in [0.29, 0.717) is 5.56 Å². The van der Waals surface area contributed by atoms with Gasteiger partial charge in [0, 0.05) is 18.6 Å². The van der Waals surface area contributed by atoms with Crippen LogP contribution in [0, 0.1) is 6.92 Å². The highest BCUT2D eigenvalue weighted by atomic mass is 16.1. The van der Waals surface area contributed by atoms with Crippen molar-refractivity contribution in [2.75, 3.05) is 0 Å². The number of amides is 1. The summed E-state index contributed by atoms with van der Waals surface area (Å²) >= 11 is 0. The van der Waals surface area contributed by atoms with Gasteiger partial charge in [-0.3, -0.25) is 9.78 Å². The lowest BCUT2D eigenvalue weighted by atomic mass is 10.0. The van der Waals surface area contributed by atoms with Gasteiger partial charge in [-0.2, -0.15) is 0 Å². The molecule has 0 unspecified atom stereocenters. The molecule has 0 saturated carbocycles. The molecule has 3 nitrogen and oxygen atoms in total. The van der Waals surface area contributed by atoms with Gasteiger partial charge in [-0.15, -0.1) is 0 Å². The van der Waals surface area contributed by atoms with Gasteiger partial charge in [0.2, 0.25) is 5.91 Å². The van der Waals surface area contributed by atoms with Crippen LogP contribution in [0.3, 0.4) is 0 Å². The third-order valence-electron chi connectivity index (χ3n) is 2.21. The van der Waals surface area contributed by atoms with Gasteiger partial charge in [0.25, 0.3) is 0 Å². The van der Waals surface area contributed by atoms with Gasteiger partial charge in [0.1, 0.15) is 0 Å². The van der Waals surface area contributed by atoms with Gasteiger partial charge in [0.15, 0.2) is 0 Å². The summed E-state index contributed by atoms with van der Waals surface area (Å²) in [5.41, 5.74) is 7.46. The highest BCUT2D eigenvalue weighted by Gasteiger charge is 2.06. The Morgan fingerprint density at radius 1 is 1.50 bits per heavy atom. The maximum atomic E-state index is 11.1. The molecule has 2 aromatic rings. The molecule has 0 bridgehead atoms. The topological polar surface area (TPSA) is 56.0 Å². The molecular weight excluding hydrogens is 176 g/mol. The summed E-state index contributed by atoms with van der Waals surface area (Å²) in [6.07, 6.45) is 1.70. The zero-order valence-corrected chi connectivity index (χ0v) is 7.82. The van der Waals surface area contributed by atoms with Crippen LogP contribution >= 0.6 is 0 Å². The normalized spacial score (nSPS) is 10.4. The third kappa shape index (κ3) is 1.33. The fourth-order valence-electron chi connectivity index (χ4n) is 1.50. The molecule has 3 heteroatoms. The number of fused-ring (bicyclic) bond motifs is 1. The third-order valence-corrected chi connectivity index (χ3v) is 2.21. The Labute approximate surface area is 83.0 Å². The maximum absolute atomic E-state index is 11.1. The summed E-state index contributed by atoms with van der Waals surface area (Å²) in [5.74, 6) is -0.407. The summed E-state index contributed by atoms with van der Waals surface area (Å²) in [7, 11) is 0. The predicted octanol–water partition coefficient (Wildman–Crippen LogP) is 1.89. The van der Waals surface area contributed by atoms with Gasteiger partial charge < -0.3 is 5.73 Å². The van der Waals surface area contributed by atoms with Gasteiger partial charge >= 0.3 is 0 Å². The smallest absolute Gasteiger partial charge is 0.249 e. The van der Waals surface area contributed by atoms with Crippen LogP contribution in [0.5, 0.6) is 0 Å². The average Bonchev–Trinajstić information content (AvgIpc) is 2.16. The minimum Gasteiger partial charge on any atom is -0.366 e. The summed E-state index contributed by atoms with van der Waals surface area (Å²) in [4.78, 5) is 15.2. The molecule has 0 aliphatic rings. The molecule has 0 saturated heterocycles. The van der Waals surface area contributed by atoms with E-state index in [1.807, 2.05) is 25.1 Å². The van der Waals surface area contributed by atoms with Crippen molar-refractivity contribution < 1.29 is 6.22 Å². The van der Waals surface area contributed by atoms with Crippen LogP contribution in [0.4, 0.5) is 0 Å². The van der Waals surface area contributed by atoms with Gasteiger partial charge in [-0.1, -0.05) is 6.07 Å². The Morgan fingerprint density at radius 2 is 2.29 bits per heavy atom. The molecule has 0 atom stereocenters. The largest absolute Gasteiger partial charge is 0.366 e. The molecular formula is C11H12N2O. The van der Waals surface area contributed by atoms with Crippen molar-refractivity contribution in [1.29, 1.82) is 0 Å². The molecule has 1 aromatic carbocycles. The minimum absolute atomic E-state index is 0. The van der Waals surface area contributed by atoms with Crippen LogP contribution in [-0.2, 0) is 0 Å². The first kappa shape index (κ1) is 8.69. The van der Waals surface area contributed by atoms with E-state index in [9.17, 15) is 4.79 Å². The maximum Gasteiger partial charge on any atom is 0.249 e. The predicted molar refractivity (Wildman–Crippen MR) is 57.1 cm³/mol. The van der Waals surface area contributed by atoms with Crippen molar-refractivity contribution in [3.63, 3.8) is 0 Å². The summed E-state index contributed by atoms with van der Waals surface area (Å²) in [6, 6.07) is 7.47. The Bertz CT molecular complexity index is 511. The second-order valence-electron chi connectivity index (χ2n) is 3.23. The quantitative estimate of drug-likeness (QED) is 0.742. The van der Waals surface area contributed by atoms with E-state index >= 15 is 0 Å². The molecule has 14 heavy (non-hydrogen) atoms. The number of aromatic nitrogens is 1. The molecule has 1 amide bonds. The monoisotopic (exact) mass is 188 g/mol. The molecule has 0 spiro atoms.